The molecule has 0 amide bonds. The van der Waals surface area contributed by atoms with Crippen molar-refractivity contribution in [2.24, 2.45) is 11.1 Å². The van der Waals surface area contributed by atoms with Crippen LogP contribution in [-0.2, 0) is 17.8 Å². The van der Waals surface area contributed by atoms with Gasteiger partial charge in [-0.3, -0.25) is 9.78 Å². The first kappa shape index (κ1) is 26.1. The molecule has 2 heterocycles. The number of aliphatic hydroxyl groups excluding tert-OH is 1. The number of aromatic nitrogens is 1. The SMILES string of the molecule is COc1ccc2ncc(CN)c([C@H](O)CCC3(C(=O)O)CCN(CCCc4ccccc4)CC3)c2c1. The minimum absolute atomic E-state index is 0.245. The molecule has 1 saturated heterocycles. The van der Waals surface area contributed by atoms with Crippen LogP contribution >= 0.6 is 0 Å². The Kier molecular flexibility index (Phi) is 8.56. The lowest BCUT2D eigenvalue weighted by Crippen LogP contribution is -2.44. The fourth-order valence-corrected chi connectivity index (χ4v) is 5.40. The van der Waals surface area contributed by atoms with Crippen LogP contribution in [0.3, 0.4) is 0 Å². The molecule has 36 heavy (non-hydrogen) atoms. The van der Waals surface area contributed by atoms with Crippen molar-refractivity contribution in [1.29, 1.82) is 0 Å². The summed E-state index contributed by atoms with van der Waals surface area (Å²) in [5, 5.41) is 22.2. The van der Waals surface area contributed by atoms with E-state index in [0.717, 1.165) is 54.5 Å². The maximum absolute atomic E-state index is 12.4. The summed E-state index contributed by atoms with van der Waals surface area (Å²) >= 11 is 0. The number of carboxylic acids is 1. The third-order valence-electron chi connectivity index (χ3n) is 7.70. The standard InChI is InChI=1S/C29H37N3O4/c1-36-23-9-10-25-24(18-23)27(22(19-30)20-31-25)26(33)11-12-29(28(34)35)13-16-32(17-14-29)15-5-8-21-6-3-2-4-7-21/h2-4,6-7,9-10,18,20,26,33H,5,8,11-17,19,30H2,1H3,(H,34,35)/t26-/m1/s1. The minimum Gasteiger partial charge on any atom is -0.497 e. The summed E-state index contributed by atoms with van der Waals surface area (Å²) in [5.41, 5.74) is 8.73. The van der Waals surface area contributed by atoms with Crippen LogP contribution in [0.15, 0.2) is 54.7 Å². The fourth-order valence-electron chi connectivity index (χ4n) is 5.40. The number of nitrogens with two attached hydrogens (primary N) is 1. The molecule has 1 fully saturated rings. The molecule has 0 unspecified atom stereocenters. The van der Waals surface area contributed by atoms with Gasteiger partial charge in [-0.15, -0.1) is 0 Å². The van der Waals surface area contributed by atoms with Gasteiger partial charge in [0.15, 0.2) is 0 Å². The maximum atomic E-state index is 12.4. The lowest BCUT2D eigenvalue weighted by atomic mass is 9.73. The molecule has 1 aliphatic rings. The Hall–Kier alpha value is -3.00. The topological polar surface area (TPSA) is 109 Å². The van der Waals surface area contributed by atoms with Crippen molar-refractivity contribution < 1.29 is 19.7 Å². The molecule has 1 atom stereocenters. The molecule has 192 valence electrons. The van der Waals surface area contributed by atoms with Gasteiger partial charge in [0.25, 0.3) is 0 Å². The van der Waals surface area contributed by atoms with E-state index in [0.29, 0.717) is 31.4 Å². The Morgan fingerprint density at radius 1 is 1.19 bits per heavy atom. The number of piperidine rings is 1. The number of carbonyl (C=O) groups is 1. The van der Waals surface area contributed by atoms with Crippen LogP contribution < -0.4 is 10.5 Å². The molecule has 0 saturated carbocycles. The lowest BCUT2D eigenvalue weighted by Gasteiger charge is -2.39. The number of fused-ring (bicyclic) bond motifs is 1. The quantitative estimate of drug-likeness (QED) is 0.367. The van der Waals surface area contributed by atoms with Crippen LogP contribution in [0, 0.1) is 5.41 Å². The Balaban J connectivity index is 1.40. The number of methoxy groups -OCH3 is 1. The van der Waals surface area contributed by atoms with E-state index >= 15 is 0 Å². The van der Waals surface area contributed by atoms with Crippen LogP contribution in [0.1, 0.15) is 54.9 Å². The average Bonchev–Trinajstić information content (AvgIpc) is 2.92. The summed E-state index contributed by atoms with van der Waals surface area (Å²) in [5.74, 6) is -0.0903. The van der Waals surface area contributed by atoms with Gasteiger partial charge in [0.2, 0.25) is 0 Å². The smallest absolute Gasteiger partial charge is 0.309 e. The number of hydrogen-bond donors (Lipinski definition) is 3. The van der Waals surface area contributed by atoms with Crippen molar-refractivity contribution in [2.75, 3.05) is 26.7 Å². The number of rotatable bonds is 11. The summed E-state index contributed by atoms with van der Waals surface area (Å²) in [7, 11) is 1.60. The first-order valence-electron chi connectivity index (χ1n) is 12.8. The van der Waals surface area contributed by atoms with E-state index in [4.69, 9.17) is 10.5 Å². The van der Waals surface area contributed by atoms with Gasteiger partial charge in [0, 0.05) is 18.1 Å². The zero-order valence-electron chi connectivity index (χ0n) is 21.0. The monoisotopic (exact) mass is 491 g/mol. The normalized spacial score (nSPS) is 16.6. The second kappa shape index (κ2) is 11.8. The summed E-state index contributed by atoms with van der Waals surface area (Å²) in [6, 6.07) is 16.0. The van der Waals surface area contributed by atoms with E-state index in [1.54, 1.807) is 13.3 Å². The number of likely N-dealkylation sites (tertiary alicyclic amines) is 1. The molecule has 0 spiro atoms. The largest absolute Gasteiger partial charge is 0.497 e. The van der Waals surface area contributed by atoms with Crippen molar-refractivity contribution in [3.8, 4) is 5.75 Å². The molecule has 7 nitrogen and oxygen atoms in total. The summed E-state index contributed by atoms with van der Waals surface area (Å²) in [6.07, 6.45) is 4.91. The maximum Gasteiger partial charge on any atom is 0.309 e. The molecule has 1 aromatic heterocycles. The summed E-state index contributed by atoms with van der Waals surface area (Å²) in [6.45, 7) is 2.74. The Morgan fingerprint density at radius 3 is 2.61 bits per heavy atom. The van der Waals surface area contributed by atoms with Crippen LogP contribution in [0.2, 0.25) is 0 Å². The highest BCUT2D eigenvalue weighted by Crippen LogP contribution is 2.40. The third kappa shape index (κ3) is 5.86. The first-order chi connectivity index (χ1) is 17.5. The second-order valence-corrected chi connectivity index (χ2v) is 9.86. The van der Waals surface area contributed by atoms with E-state index < -0.39 is 17.5 Å². The molecule has 4 N–H and O–H groups in total. The van der Waals surface area contributed by atoms with Crippen LogP contribution in [0.4, 0.5) is 0 Å². The average molecular weight is 492 g/mol. The number of carboxylic acid groups (broad SMARTS) is 1. The number of nitrogens with zero attached hydrogens (tertiary/aromatic N) is 2. The van der Waals surface area contributed by atoms with Gasteiger partial charge in [0.05, 0.1) is 24.1 Å². The zero-order chi connectivity index (χ0) is 25.5. The first-order valence-corrected chi connectivity index (χ1v) is 12.8. The van der Waals surface area contributed by atoms with Gasteiger partial charge >= 0.3 is 5.97 Å². The molecule has 0 aliphatic carbocycles. The Morgan fingerprint density at radius 2 is 1.94 bits per heavy atom. The summed E-state index contributed by atoms with van der Waals surface area (Å²) < 4.78 is 5.37. The van der Waals surface area contributed by atoms with Crippen molar-refractivity contribution in [3.63, 3.8) is 0 Å². The van der Waals surface area contributed by atoms with Crippen LogP contribution in [0.25, 0.3) is 10.9 Å². The minimum atomic E-state index is -0.832. The Labute approximate surface area is 212 Å². The molecule has 2 aromatic carbocycles. The van der Waals surface area contributed by atoms with E-state index in [1.165, 1.54) is 5.56 Å². The predicted molar refractivity (Wildman–Crippen MR) is 141 cm³/mol. The molecule has 1 aliphatic heterocycles. The van der Waals surface area contributed by atoms with Gasteiger partial charge in [-0.1, -0.05) is 30.3 Å². The number of pyridine rings is 1. The number of benzene rings is 2. The molecular formula is C29H37N3O4. The fraction of sp³-hybridized carbons (Fsp3) is 0.448. The highest BCUT2D eigenvalue weighted by atomic mass is 16.5. The van der Waals surface area contributed by atoms with Crippen LogP contribution in [0.5, 0.6) is 5.75 Å². The molecule has 3 aromatic rings. The van der Waals surface area contributed by atoms with Gasteiger partial charge in [-0.2, -0.15) is 0 Å². The second-order valence-electron chi connectivity index (χ2n) is 9.86. The number of ether oxygens (including phenoxy) is 1. The number of aliphatic carboxylic acids is 1. The van der Waals surface area contributed by atoms with Gasteiger partial charge in [-0.05, 0) is 93.0 Å². The number of aryl methyl sites for hydroxylation is 1. The van der Waals surface area contributed by atoms with Crippen molar-refractivity contribution in [2.45, 2.75) is 51.2 Å². The molecule has 0 bridgehead atoms. The van der Waals surface area contributed by atoms with E-state index in [9.17, 15) is 15.0 Å². The third-order valence-corrected chi connectivity index (χ3v) is 7.70. The number of hydrogen-bond acceptors (Lipinski definition) is 6. The van der Waals surface area contributed by atoms with E-state index in [-0.39, 0.29) is 6.54 Å². The van der Waals surface area contributed by atoms with E-state index in [1.807, 2.05) is 24.3 Å². The van der Waals surface area contributed by atoms with E-state index in [2.05, 4.69) is 34.1 Å². The molecule has 0 radical (unpaired) electrons. The van der Waals surface area contributed by atoms with Gasteiger partial charge in [0.1, 0.15) is 5.75 Å². The summed E-state index contributed by atoms with van der Waals surface area (Å²) in [4.78, 5) is 19.2. The lowest BCUT2D eigenvalue weighted by molar-refractivity contribution is -0.153. The molecular weight excluding hydrogens is 454 g/mol. The van der Waals surface area contributed by atoms with Crippen LogP contribution in [-0.4, -0.2) is 52.8 Å². The molecule has 4 rings (SSSR count). The van der Waals surface area contributed by atoms with Gasteiger partial charge in [-0.25, -0.2) is 0 Å². The Bertz CT molecular complexity index is 1150. The van der Waals surface area contributed by atoms with Crippen molar-refractivity contribution in [1.82, 2.24) is 9.88 Å². The van der Waals surface area contributed by atoms with Crippen molar-refractivity contribution in [3.05, 3.63) is 71.4 Å². The van der Waals surface area contributed by atoms with Crippen molar-refractivity contribution >= 4 is 16.9 Å². The highest BCUT2D eigenvalue weighted by Gasteiger charge is 2.41. The predicted octanol–water partition coefficient (Wildman–Crippen LogP) is 4.32. The molecule has 7 heteroatoms. The highest BCUT2D eigenvalue weighted by molar-refractivity contribution is 5.85. The van der Waals surface area contributed by atoms with Gasteiger partial charge < -0.3 is 25.6 Å². The number of aliphatic hydroxyl groups is 1. The zero-order valence-corrected chi connectivity index (χ0v) is 21.0.